The molecular weight excluding hydrogens is 364 g/mol. The van der Waals surface area contributed by atoms with E-state index in [9.17, 15) is 0 Å². The van der Waals surface area contributed by atoms with Crippen LogP contribution in [0.1, 0.15) is 31.5 Å². The fraction of sp³-hybridized carbons (Fsp3) is 0.696. The Morgan fingerprint density at radius 3 is 2.72 bits per heavy atom. The Morgan fingerprint density at radius 2 is 2.00 bits per heavy atom. The highest BCUT2D eigenvalue weighted by atomic mass is 16.5. The number of rotatable bonds is 9. The summed E-state index contributed by atoms with van der Waals surface area (Å²) in [5.74, 6) is 1.91. The van der Waals surface area contributed by atoms with Crippen molar-refractivity contribution in [2.45, 2.75) is 38.3 Å². The monoisotopic (exact) mass is 400 g/mol. The van der Waals surface area contributed by atoms with Gasteiger partial charge in [0.1, 0.15) is 5.82 Å². The maximum absolute atomic E-state index is 5.97. The van der Waals surface area contributed by atoms with Gasteiger partial charge in [0.25, 0.3) is 0 Å². The van der Waals surface area contributed by atoms with E-state index in [4.69, 9.17) is 14.5 Å². The number of fused-ring (bicyclic) bond motifs is 1. The van der Waals surface area contributed by atoms with Crippen molar-refractivity contribution in [3.05, 3.63) is 30.1 Å². The molecule has 1 aromatic heterocycles. The summed E-state index contributed by atoms with van der Waals surface area (Å²) in [5, 5.41) is 0. The van der Waals surface area contributed by atoms with Gasteiger partial charge in [-0.2, -0.15) is 0 Å². The lowest BCUT2D eigenvalue weighted by Crippen LogP contribution is -2.41. The van der Waals surface area contributed by atoms with Crippen LogP contribution in [0.3, 0.4) is 0 Å². The van der Waals surface area contributed by atoms with Crippen LogP contribution in [0.2, 0.25) is 0 Å². The zero-order chi connectivity index (χ0) is 20.1. The van der Waals surface area contributed by atoms with Crippen molar-refractivity contribution in [1.82, 2.24) is 19.4 Å². The molecule has 2 aromatic rings. The summed E-state index contributed by atoms with van der Waals surface area (Å²) in [6.45, 7) is 8.25. The summed E-state index contributed by atoms with van der Waals surface area (Å²) in [6.07, 6.45) is 5.31. The molecule has 0 bridgehead atoms. The molecule has 0 amide bonds. The van der Waals surface area contributed by atoms with Crippen molar-refractivity contribution < 1.29 is 9.47 Å². The van der Waals surface area contributed by atoms with Crippen LogP contribution in [0, 0.1) is 5.92 Å². The number of ether oxygens (including phenoxy) is 2. The second-order valence-corrected chi connectivity index (χ2v) is 8.68. The number of methoxy groups -OCH3 is 1. The van der Waals surface area contributed by atoms with Crippen molar-refractivity contribution in [3.63, 3.8) is 0 Å². The van der Waals surface area contributed by atoms with Crippen LogP contribution >= 0.6 is 0 Å². The molecule has 2 aliphatic heterocycles. The lowest BCUT2D eigenvalue weighted by atomic mass is 9.96. The summed E-state index contributed by atoms with van der Waals surface area (Å²) in [7, 11) is 3.93. The fourth-order valence-corrected chi connectivity index (χ4v) is 4.79. The predicted octanol–water partition coefficient (Wildman–Crippen LogP) is 2.91. The van der Waals surface area contributed by atoms with Crippen molar-refractivity contribution in [1.29, 1.82) is 0 Å². The molecule has 160 valence electrons. The standard InChI is InChI=1S/C23H36N4O2/c1-25-22-8-4-3-7-21(22)24-23(25)18-27(17-20-6-5-14-29-20)16-19-9-11-26(12-10-19)13-15-28-2/h3-4,7-8,19-20H,5-6,9-18H2,1-2H3/t20-/m1/s1. The molecule has 0 saturated carbocycles. The van der Waals surface area contributed by atoms with Gasteiger partial charge in [-0.3, -0.25) is 4.90 Å². The zero-order valence-electron chi connectivity index (χ0n) is 18.1. The van der Waals surface area contributed by atoms with E-state index < -0.39 is 0 Å². The van der Waals surface area contributed by atoms with E-state index >= 15 is 0 Å². The topological polar surface area (TPSA) is 42.8 Å². The first-order valence-electron chi connectivity index (χ1n) is 11.2. The van der Waals surface area contributed by atoms with Gasteiger partial charge in [-0.15, -0.1) is 0 Å². The van der Waals surface area contributed by atoms with Crippen molar-refractivity contribution in [2.24, 2.45) is 13.0 Å². The van der Waals surface area contributed by atoms with Crippen LogP contribution in [0.15, 0.2) is 24.3 Å². The molecule has 6 nitrogen and oxygen atoms in total. The average Bonchev–Trinajstić information content (AvgIpc) is 3.36. The van der Waals surface area contributed by atoms with Crippen molar-refractivity contribution >= 4 is 11.0 Å². The third-order valence-corrected chi connectivity index (χ3v) is 6.57. The molecule has 4 rings (SSSR count). The smallest absolute Gasteiger partial charge is 0.123 e. The van der Waals surface area contributed by atoms with Gasteiger partial charge in [0, 0.05) is 40.4 Å². The van der Waals surface area contributed by atoms with Gasteiger partial charge < -0.3 is 18.9 Å². The Hall–Kier alpha value is -1.47. The molecular formula is C23H36N4O2. The highest BCUT2D eigenvalue weighted by Gasteiger charge is 2.25. The molecule has 0 aliphatic carbocycles. The number of likely N-dealkylation sites (tertiary alicyclic amines) is 1. The number of nitrogens with zero attached hydrogens (tertiary/aromatic N) is 4. The van der Waals surface area contributed by atoms with Crippen LogP contribution in [-0.4, -0.2) is 78.5 Å². The Kier molecular flexibility index (Phi) is 7.19. The first-order chi connectivity index (χ1) is 14.2. The highest BCUT2D eigenvalue weighted by Crippen LogP contribution is 2.22. The Balaban J connectivity index is 1.40. The summed E-state index contributed by atoms with van der Waals surface area (Å²) in [6, 6.07) is 8.43. The van der Waals surface area contributed by atoms with E-state index in [-0.39, 0.29) is 0 Å². The largest absolute Gasteiger partial charge is 0.383 e. The Morgan fingerprint density at radius 1 is 1.17 bits per heavy atom. The number of aryl methyl sites for hydroxylation is 1. The third-order valence-electron chi connectivity index (χ3n) is 6.57. The molecule has 0 N–H and O–H groups in total. The van der Waals surface area contributed by atoms with Gasteiger partial charge in [-0.25, -0.2) is 4.98 Å². The van der Waals surface area contributed by atoms with Crippen LogP contribution < -0.4 is 0 Å². The maximum atomic E-state index is 5.97. The van der Waals surface area contributed by atoms with Gasteiger partial charge in [0.05, 0.1) is 30.3 Å². The lowest BCUT2D eigenvalue weighted by Gasteiger charge is -2.35. The van der Waals surface area contributed by atoms with Gasteiger partial charge in [-0.05, 0) is 56.8 Å². The molecule has 3 heterocycles. The molecule has 0 unspecified atom stereocenters. The van der Waals surface area contributed by atoms with E-state index in [1.807, 2.05) is 0 Å². The number of benzene rings is 1. The van der Waals surface area contributed by atoms with E-state index in [0.29, 0.717) is 6.10 Å². The summed E-state index contributed by atoms with van der Waals surface area (Å²) >= 11 is 0. The summed E-state index contributed by atoms with van der Waals surface area (Å²) in [5.41, 5.74) is 2.31. The Labute approximate surface area is 174 Å². The predicted molar refractivity (Wildman–Crippen MR) is 116 cm³/mol. The van der Waals surface area contributed by atoms with Gasteiger partial charge in [0.15, 0.2) is 0 Å². The minimum absolute atomic E-state index is 0.381. The minimum Gasteiger partial charge on any atom is -0.383 e. The molecule has 0 spiro atoms. The molecule has 1 aromatic carbocycles. The summed E-state index contributed by atoms with van der Waals surface area (Å²) in [4.78, 5) is 10.1. The molecule has 2 aliphatic rings. The van der Waals surface area contributed by atoms with E-state index in [2.05, 4.69) is 45.7 Å². The van der Waals surface area contributed by atoms with Crippen LogP contribution in [0.5, 0.6) is 0 Å². The number of hydrogen-bond acceptors (Lipinski definition) is 5. The van der Waals surface area contributed by atoms with Gasteiger partial charge in [0.2, 0.25) is 0 Å². The number of aromatic nitrogens is 2. The fourth-order valence-electron chi connectivity index (χ4n) is 4.79. The molecule has 6 heteroatoms. The van der Waals surface area contributed by atoms with E-state index in [0.717, 1.165) is 56.7 Å². The molecule has 29 heavy (non-hydrogen) atoms. The molecule has 2 saturated heterocycles. The number of para-hydroxylation sites is 2. The SMILES string of the molecule is COCCN1CCC(CN(Cc2nc3ccccc3n2C)C[C@H]2CCCO2)CC1. The highest BCUT2D eigenvalue weighted by molar-refractivity contribution is 5.75. The molecule has 2 fully saturated rings. The second-order valence-electron chi connectivity index (χ2n) is 8.68. The number of hydrogen-bond donors (Lipinski definition) is 0. The quantitative estimate of drug-likeness (QED) is 0.648. The minimum atomic E-state index is 0.381. The van der Waals surface area contributed by atoms with Gasteiger partial charge >= 0.3 is 0 Å². The van der Waals surface area contributed by atoms with Crippen LogP contribution in [0.4, 0.5) is 0 Å². The van der Waals surface area contributed by atoms with Crippen LogP contribution in [-0.2, 0) is 23.1 Å². The Bertz CT molecular complexity index is 763. The lowest BCUT2D eigenvalue weighted by molar-refractivity contribution is 0.0540. The zero-order valence-corrected chi connectivity index (χ0v) is 18.1. The van der Waals surface area contributed by atoms with Crippen LogP contribution in [0.25, 0.3) is 11.0 Å². The first-order valence-corrected chi connectivity index (χ1v) is 11.2. The molecule has 1 atom stereocenters. The number of imidazole rings is 1. The van der Waals surface area contributed by atoms with Crippen molar-refractivity contribution in [3.8, 4) is 0 Å². The maximum Gasteiger partial charge on any atom is 0.123 e. The third kappa shape index (κ3) is 5.37. The molecule has 0 radical (unpaired) electrons. The van der Waals surface area contributed by atoms with E-state index in [1.54, 1.807) is 7.11 Å². The van der Waals surface area contributed by atoms with Crippen molar-refractivity contribution in [2.75, 3.05) is 53.0 Å². The van der Waals surface area contributed by atoms with E-state index in [1.165, 1.54) is 44.3 Å². The summed E-state index contributed by atoms with van der Waals surface area (Å²) < 4.78 is 13.5. The first kappa shape index (κ1) is 20.8. The normalized spacial score (nSPS) is 21.6. The number of piperidine rings is 1. The second kappa shape index (κ2) is 10.0. The average molecular weight is 401 g/mol. The van der Waals surface area contributed by atoms with Gasteiger partial charge in [-0.1, -0.05) is 12.1 Å².